The molecule has 110 valence electrons. The Bertz CT molecular complexity index is 282. The third-order valence-electron chi connectivity index (χ3n) is 3.94. The molecule has 0 aromatic carbocycles. The lowest BCUT2D eigenvalue weighted by molar-refractivity contribution is -0.140. The highest BCUT2D eigenvalue weighted by atomic mass is 16.7. The zero-order valence-corrected chi connectivity index (χ0v) is 11.7. The van der Waals surface area contributed by atoms with Crippen LogP contribution in [0.15, 0.2) is 0 Å². The van der Waals surface area contributed by atoms with E-state index in [1.807, 2.05) is 0 Å². The van der Waals surface area contributed by atoms with Crippen molar-refractivity contribution in [2.75, 3.05) is 40.0 Å². The fourth-order valence-electron chi connectivity index (χ4n) is 2.96. The first-order chi connectivity index (χ1) is 9.33. The van der Waals surface area contributed by atoms with Gasteiger partial charge in [-0.2, -0.15) is 0 Å². The van der Waals surface area contributed by atoms with Gasteiger partial charge in [-0.3, -0.25) is 14.5 Å². The minimum absolute atomic E-state index is 0.00728. The van der Waals surface area contributed by atoms with Gasteiger partial charge in [-0.15, -0.1) is 0 Å². The Labute approximate surface area is 114 Å². The van der Waals surface area contributed by atoms with E-state index in [0.717, 1.165) is 45.3 Å². The number of hydrogen-bond acceptors (Lipinski definition) is 5. The lowest BCUT2D eigenvalue weighted by Crippen LogP contribution is -2.50. The third-order valence-corrected chi connectivity index (χ3v) is 3.94. The average Bonchev–Trinajstić information content (AvgIpc) is 2.94. The maximum Gasteiger partial charge on any atom is 0.260 e. The van der Waals surface area contributed by atoms with E-state index in [2.05, 4.69) is 15.7 Å². The summed E-state index contributed by atoms with van der Waals surface area (Å²) in [6.07, 6.45) is 4.30. The van der Waals surface area contributed by atoms with Crippen LogP contribution in [-0.4, -0.2) is 62.8 Å². The molecule has 6 heteroatoms. The van der Waals surface area contributed by atoms with Crippen LogP contribution in [0.5, 0.6) is 0 Å². The number of methoxy groups -OCH3 is 1. The molecule has 2 N–H and O–H groups in total. The van der Waals surface area contributed by atoms with Gasteiger partial charge in [0.1, 0.15) is 0 Å². The van der Waals surface area contributed by atoms with Crippen molar-refractivity contribution < 1.29 is 14.4 Å². The quantitative estimate of drug-likeness (QED) is 0.522. The van der Waals surface area contributed by atoms with Crippen LogP contribution in [0.4, 0.5) is 0 Å². The number of carbonyl (C=O) groups is 1. The van der Waals surface area contributed by atoms with Gasteiger partial charge in [0.05, 0.1) is 19.3 Å². The summed E-state index contributed by atoms with van der Waals surface area (Å²) in [5.41, 5.74) is 2.55. The van der Waals surface area contributed by atoms with Crippen LogP contribution < -0.4 is 10.8 Å². The van der Waals surface area contributed by atoms with Crippen LogP contribution in [0, 0.1) is 0 Å². The number of hydroxylamine groups is 1. The van der Waals surface area contributed by atoms with E-state index in [1.165, 1.54) is 0 Å². The maximum absolute atomic E-state index is 12.1. The Balaban J connectivity index is 1.78. The molecule has 6 nitrogen and oxygen atoms in total. The van der Waals surface area contributed by atoms with E-state index in [9.17, 15) is 4.79 Å². The lowest BCUT2D eigenvalue weighted by Gasteiger charge is -2.34. The molecule has 0 saturated carbocycles. The molecule has 0 radical (unpaired) electrons. The highest BCUT2D eigenvalue weighted by Crippen LogP contribution is 2.24. The summed E-state index contributed by atoms with van der Waals surface area (Å²) in [5, 5.41) is 3.36. The number of rotatable bonds is 6. The van der Waals surface area contributed by atoms with Gasteiger partial charge in [0.2, 0.25) is 0 Å². The van der Waals surface area contributed by atoms with Crippen LogP contribution in [0.25, 0.3) is 0 Å². The van der Waals surface area contributed by atoms with Gasteiger partial charge < -0.3 is 10.1 Å². The van der Waals surface area contributed by atoms with Crippen LogP contribution in [0.1, 0.15) is 25.7 Å². The predicted molar refractivity (Wildman–Crippen MR) is 71.6 cm³/mol. The van der Waals surface area contributed by atoms with Crippen molar-refractivity contribution in [1.29, 1.82) is 0 Å². The third kappa shape index (κ3) is 4.14. The lowest BCUT2D eigenvalue weighted by atomic mass is 10.0. The van der Waals surface area contributed by atoms with Crippen molar-refractivity contribution in [3.05, 3.63) is 0 Å². The molecule has 0 bridgehead atoms. The first-order valence-electron chi connectivity index (χ1n) is 7.20. The maximum atomic E-state index is 12.1. The minimum Gasteiger partial charge on any atom is -0.382 e. The van der Waals surface area contributed by atoms with Gasteiger partial charge in [0.25, 0.3) is 5.91 Å². The summed E-state index contributed by atoms with van der Waals surface area (Å²) in [7, 11) is 1.61. The molecule has 1 atom stereocenters. The fourth-order valence-corrected chi connectivity index (χ4v) is 2.96. The summed E-state index contributed by atoms with van der Waals surface area (Å²) in [6, 6.07) is 0.518. The number of hydrogen-bond donors (Lipinski definition) is 2. The Hall–Kier alpha value is -0.690. The molecule has 19 heavy (non-hydrogen) atoms. The summed E-state index contributed by atoms with van der Waals surface area (Å²) < 4.78 is 4.87. The second kappa shape index (κ2) is 7.79. The molecule has 2 rings (SSSR count). The second-order valence-electron chi connectivity index (χ2n) is 5.18. The van der Waals surface area contributed by atoms with Crippen molar-refractivity contribution >= 4 is 5.91 Å². The van der Waals surface area contributed by atoms with Gasteiger partial charge in [0, 0.05) is 13.2 Å². The number of carbonyl (C=O) groups excluding carboxylic acids is 1. The topological polar surface area (TPSA) is 62.8 Å². The number of ether oxygens (including phenoxy) is 1. The number of nitrogens with one attached hydrogen (secondary N) is 2. The van der Waals surface area contributed by atoms with Crippen LogP contribution in [0.2, 0.25) is 0 Å². The highest BCUT2D eigenvalue weighted by molar-refractivity contribution is 5.81. The Morgan fingerprint density at radius 2 is 2.11 bits per heavy atom. The first kappa shape index (κ1) is 14.7. The van der Waals surface area contributed by atoms with Crippen molar-refractivity contribution in [3.8, 4) is 0 Å². The Kier molecular flexibility index (Phi) is 6.03. The van der Waals surface area contributed by atoms with Crippen LogP contribution in [-0.2, 0) is 14.4 Å². The van der Waals surface area contributed by atoms with Crippen molar-refractivity contribution in [3.63, 3.8) is 0 Å². The van der Waals surface area contributed by atoms with E-state index in [0.29, 0.717) is 19.3 Å². The first-order valence-corrected chi connectivity index (χ1v) is 7.20. The van der Waals surface area contributed by atoms with Gasteiger partial charge in [0.15, 0.2) is 0 Å². The molecule has 1 unspecified atom stereocenters. The van der Waals surface area contributed by atoms with Crippen molar-refractivity contribution in [1.82, 2.24) is 15.7 Å². The molecule has 0 spiro atoms. The normalized spacial score (nSPS) is 25.6. The number of nitrogens with zero attached hydrogens (tertiary/aromatic N) is 1. The zero-order valence-electron chi connectivity index (χ0n) is 11.7. The molecule has 2 saturated heterocycles. The monoisotopic (exact) mass is 271 g/mol. The van der Waals surface area contributed by atoms with E-state index >= 15 is 0 Å². The van der Waals surface area contributed by atoms with Gasteiger partial charge in [-0.25, -0.2) is 5.48 Å². The molecular formula is C13H25N3O3. The van der Waals surface area contributed by atoms with Crippen molar-refractivity contribution in [2.45, 2.75) is 37.8 Å². The number of piperidine rings is 1. The molecule has 0 aromatic rings. The summed E-state index contributed by atoms with van der Waals surface area (Å²) in [4.78, 5) is 19.6. The van der Waals surface area contributed by atoms with Gasteiger partial charge in [-0.05, 0) is 45.3 Å². The van der Waals surface area contributed by atoms with Crippen LogP contribution in [0.3, 0.4) is 0 Å². The largest absolute Gasteiger partial charge is 0.382 e. The number of likely N-dealkylation sites (tertiary alicyclic amines) is 1. The molecule has 2 aliphatic rings. The predicted octanol–water partition coefficient (Wildman–Crippen LogP) is -0.103. The standard InChI is InChI=1S/C13H25N3O3/c1-18-9-10-19-15-13(17)12-3-2-8-16(12)11-4-6-14-7-5-11/h11-12,14H,2-10H2,1H3,(H,15,17). The molecule has 2 aliphatic heterocycles. The smallest absolute Gasteiger partial charge is 0.260 e. The SMILES string of the molecule is COCCONC(=O)C1CCCN1C1CCNCC1. The average molecular weight is 271 g/mol. The minimum atomic E-state index is -0.0226. The summed E-state index contributed by atoms with van der Waals surface area (Å²) >= 11 is 0. The fraction of sp³-hybridized carbons (Fsp3) is 0.923. The molecule has 2 fully saturated rings. The molecule has 2 heterocycles. The summed E-state index contributed by atoms with van der Waals surface area (Å²) in [6.45, 7) is 4.02. The van der Waals surface area contributed by atoms with E-state index < -0.39 is 0 Å². The highest BCUT2D eigenvalue weighted by Gasteiger charge is 2.35. The van der Waals surface area contributed by atoms with Crippen LogP contribution >= 0.6 is 0 Å². The molecule has 1 amide bonds. The zero-order chi connectivity index (χ0) is 13.5. The van der Waals surface area contributed by atoms with E-state index in [4.69, 9.17) is 9.57 Å². The molecule has 0 aromatic heterocycles. The Morgan fingerprint density at radius 3 is 2.84 bits per heavy atom. The van der Waals surface area contributed by atoms with Gasteiger partial charge in [-0.1, -0.05) is 0 Å². The summed E-state index contributed by atoms with van der Waals surface area (Å²) in [5.74, 6) is -0.00728. The Morgan fingerprint density at radius 1 is 1.32 bits per heavy atom. The molecule has 0 aliphatic carbocycles. The van der Waals surface area contributed by atoms with E-state index in [-0.39, 0.29) is 11.9 Å². The van der Waals surface area contributed by atoms with Gasteiger partial charge >= 0.3 is 0 Å². The number of amides is 1. The van der Waals surface area contributed by atoms with Crippen molar-refractivity contribution in [2.24, 2.45) is 0 Å². The molecular weight excluding hydrogens is 246 g/mol. The van der Waals surface area contributed by atoms with E-state index in [1.54, 1.807) is 7.11 Å². The second-order valence-corrected chi connectivity index (χ2v) is 5.18.